The van der Waals surface area contributed by atoms with E-state index in [-0.39, 0.29) is 22.8 Å². The minimum absolute atomic E-state index is 0.00301. The smallest absolute Gasteiger partial charge is 0.268 e. The number of carbonyl (C=O) groups is 2. The van der Waals surface area contributed by atoms with E-state index in [4.69, 9.17) is 0 Å². The first-order valence-electron chi connectivity index (χ1n) is 9.51. The van der Waals surface area contributed by atoms with E-state index in [0.717, 1.165) is 6.42 Å². The van der Waals surface area contributed by atoms with Crippen LogP contribution < -0.4 is 10.9 Å². The molecule has 1 heterocycles. The van der Waals surface area contributed by atoms with Gasteiger partial charge in [0, 0.05) is 29.9 Å². The lowest BCUT2D eigenvalue weighted by Crippen LogP contribution is -2.41. The van der Waals surface area contributed by atoms with Crippen LogP contribution in [0.25, 0.3) is 5.69 Å². The SMILES string of the molecule is CC[C@H](C)NC(=O)c1c2c(cn(-c3ccc(F)cc3)c1=O)C(=O)CC(C)(C)C2. The Morgan fingerprint density at radius 3 is 2.46 bits per heavy atom. The van der Waals surface area contributed by atoms with Gasteiger partial charge in [0.05, 0.1) is 0 Å². The van der Waals surface area contributed by atoms with Crippen molar-refractivity contribution in [1.82, 2.24) is 9.88 Å². The van der Waals surface area contributed by atoms with E-state index in [1.807, 2.05) is 27.7 Å². The van der Waals surface area contributed by atoms with Gasteiger partial charge in [0.15, 0.2) is 5.78 Å². The maximum Gasteiger partial charge on any atom is 0.268 e. The molecule has 0 saturated carbocycles. The first-order valence-corrected chi connectivity index (χ1v) is 9.51. The Hall–Kier alpha value is -2.76. The highest BCUT2D eigenvalue weighted by Crippen LogP contribution is 2.35. The van der Waals surface area contributed by atoms with Gasteiger partial charge in [-0.1, -0.05) is 20.8 Å². The van der Waals surface area contributed by atoms with E-state index in [2.05, 4.69) is 5.32 Å². The summed E-state index contributed by atoms with van der Waals surface area (Å²) in [5.41, 5.74) is 0.469. The second-order valence-electron chi connectivity index (χ2n) is 8.27. The molecule has 28 heavy (non-hydrogen) atoms. The summed E-state index contributed by atoms with van der Waals surface area (Å²) in [6.07, 6.45) is 3.02. The summed E-state index contributed by atoms with van der Waals surface area (Å²) in [5.74, 6) is -1.00. The summed E-state index contributed by atoms with van der Waals surface area (Å²) in [7, 11) is 0. The molecule has 3 rings (SSSR count). The van der Waals surface area contributed by atoms with Gasteiger partial charge in [-0.2, -0.15) is 0 Å². The number of hydrogen-bond donors (Lipinski definition) is 1. The molecule has 1 aliphatic rings. The normalized spacial score (nSPS) is 16.4. The van der Waals surface area contributed by atoms with E-state index in [9.17, 15) is 18.8 Å². The first-order chi connectivity index (χ1) is 13.1. The maximum atomic E-state index is 13.3. The highest BCUT2D eigenvalue weighted by atomic mass is 19.1. The molecule has 0 saturated heterocycles. The highest BCUT2D eigenvalue weighted by Gasteiger charge is 2.36. The van der Waals surface area contributed by atoms with Gasteiger partial charge in [-0.05, 0) is 55.0 Å². The molecule has 1 aliphatic carbocycles. The summed E-state index contributed by atoms with van der Waals surface area (Å²) < 4.78 is 14.6. The number of ketones is 1. The standard InChI is InChI=1S/C22H25FN2O3/c1-5-13(2)24-20(27)19-16-10-22(3,4)11-18(26)17(16)12-25(21(19)28)15-8-6-14(23)7-9-15/h6-9,12-13H,5,10-11H2,1-4H3,(H,24,27)/t13-/m0/s1. The van der Waals surface area contributed by atoms with E-state index in [1.165, 1.54) is 35.0 Å². The summed E-state index contributed by atoms with van der Waals surface area (Å²) >= 11 is 0. The van der Waals surface area contributed by atoms with Gasteiger partial charge >= 0.3 is 0 Å². The van der Waals surface area contributed by atoms with Crippen LogP contribution in [0.3, 0.4) is 0 Å². The Labute approximate surface area is 163 Å². The zero-order chi connectivity index (χ0) is 20.6. The number of amides is 1. The van der Waals surface area contributed by atoms with Crippen molar-refractivity contribution in [2.45, 2.75) is 53.0 Å². The van der Waals surface area contributed by atoms with Gasteiger partial charge in [-0.15, -0.1) is 0 Å². The molecular weight excluding hydrogens is 359 g/mol. The fraction of sp³-hybridized carbons (Fsp3) is 0.409. The predicted octanol–water partition coefficient (Wildman–Crippen LogP) is 3.66. The lowest BCUT2D eigenvalue weighted by atomic mass is 9.73. The van der Waals surface area contributed by atoms with Crippen molar-refractivity contribution < 1.29 is 14.0 Å². The second-order valence-corrected chi connectivity index (χ2v) is 8.27. The summed E-state index contributed by atoms with van der Waals surface area (Å²) in [5, 5.41) is 2.84. The Morgan fingerprint density at radius 1 is 1.21 bits per heavy atom. The molecule has 0 fully saturated rings. The van der Waals surface area contributed by atoms with Crippen molar-refractivity contribution >= 4 is 11.7 Å². The van der Waals surface area contributed by atoms with Crippen molar-refractivity contribution in [2.75, 3.05) is 0 Å². The van der Waals surface area contributed by atoms with Crippen LogP contribution in [-0.4, -0.2) is 22.3 Å². The third-order valence-corrected chi connectivity index (χ3v) is 5.23. The predicted molar refractivity (Wildman–Crippen MR) is 106 cm³/mol. The van der Waals surface area contributed by atoms with Crippen LogP contribution in [0.2, 0.25) is 0 Å². The molecular formula is C22H25FN2O3. The number of benzene rings is 1. The number of Topliss-reactive ketones (excluding diaryl/α,β-unsaturated/α-hetero) is 1. The Bertz CT molecular complexity index is 990. The molecule has 6 heteroatoms. The van der Waals surface area contributed by atoms with Crippen molar-refractivity contribution in [3.8, 4) is 5.69 Å². The van der Waals surface area contributed by atoms with Crippen molar-refractivity contribution in [3.05, 3.63) is 63.3 Å². The van der Waals surface area contributed by atoms with Gasteiger partial charge in [0.1, 0.15) is 11.4 Å². The zero-order valence-corrected chi connectivity index (χ0v) is 16.6. The first kappa shape index (κ1) is 20.0. The van der Waals surface area contributed by atoms with Crippen LogP contribution in [0.15, 0.2) is 35.3 Å². The maximum absolute atomic E-state index is 13.3. The third-order valence-electron chi connectivity index (χ3n) is 5.23. The van der Waals surface area contributed by atoms with Crippen LogP contribution in [0.5, 0.6) is 0 Å². The average molecular weight is 384 g/mol. The number of carbonyl (C=O) groups excluding carboxylic acids is 2. The second kappa shape index (κ2) is 7.34. The van der Waals surface area contributed by atoms with Crippen LogP contribution in [-0.2, 0) is 6.42 Å². The zero-order valence-electron chi connectivity index (χ0n) is 16.6. The Kier molecular flexibility index (Phi) is 5.24. The number of halogens is 1. The van der Waals surface area contributed by atoms with Crippen molar-refractivity contribution in [3.63, 3.8) is 0 Å². The summed E-state index contributed by atoms with van der Waals surface area (Å²) in [4.78, 5) is 39.0. The van der Waals surface area contributed by atoms with Gasteiger partial charge in [-0.25, -0.2) is 4.39 Å². The number of rotatable bonds is 4. The van der Waals surface area contributed by atoms with Crippen molar-refractivity contribution in [2.24, 2.45) is 5.41 Å². The van der Waals surface area contributed by atoms with Crippen LogP contribution >= 0.6 is 0 Å². The molecule has 0 aliphatic heterocycles. The van der Waals surface area contributed by atoms with Gasteiger partial charge in [0.25, 0.3) is 11.5 Å². The van der Waals surface area contributed by atoms with E-state index < -0.39 is 17.3 Å². The molecule has 1 aromatic carbocycles. The number of pyridine rings is 1. The minimum atomic E-state index is -0.503. The molecule has 0 spiro atoms. The molecule has 1 N–H and O–H groups in total. The molecule has 2 aromatic rings. The fourth-order valence-electron chi connectivity index (χ4n) is 3.57. The molecule has 1 amide bonds. The lowest BCUT2D eigenvalue weighted by molar-refractivity contribution is 0.0908. The topological polar surface area (TPSA) is 68.2 Å². The van der Waals surface area contributed by atoms with E-state index in [1.54, 1.807) is 0 Å². The van der Waals surface area contributed by atoms with E-state index in [0.29, 0.717) is 29.7 Å². The largest absolute Gasteiger partial charge is 0.349 e. The van der Waals surface area contributed by atoms with Gasteiger partial charge in [-0.3, -0.25) is 19.0 Å². The molecule has 0 bridgehead atoms. The van der Waals surface area contributed by atoms with Gasteiger partial charge in [0.2, 0.25) is 0 Å². The van der Waals surface area contributed by atoms with E-state index >= 15 is 0 Å². The van der Waals surface area contributed by atoms with Crippen LogP contribution in [0, 0.1) is 11.2 Å². The quantitative estimate of drug-likeness (QED) is 0.875. The highest BCUT2D eigenvalue weighted by molar-refractivity contribution is 6.04. The number of hydrogen-bond acceptors (Lipinski definition) is 3. The summed E-state index contributed by atoms with van der Waals surface area (Å²) in [6.45, 7) is 7.71. The van der Waals surface area contributed by atoms with Gasteiger partial charge < -0.3 is 5.32 Å². The van der Waals surface area contributed by atoms with Crippen LogP contribution in [0.4, 0.5) is 4.39 Å². The monoisotopic (exact) mass is 384 g/mol. The molecule has 5 nitrogen and oxygen atoms in total. The fourth-order valence-corrected chi connectivity index (χ4v) is 3.57. The molecule has 0 radical (unpaired) electrons. The molecule has 148 valence electrons. The third kappa shape index (κ3) is 3.77. The van der Waals surface area contributed by atoms with Crippen molar-refractivity contribution in [1.29, 1.82) is 0 Å². The Morgan fingerprint density at radius 2 is 1.86 bits per heavy atom. The number of fused-ring (bicyclic) bond motifs is 1. The average Bonchev–Trinajstić information content (AvgIpc) is 2.61. The Balaban J connectivity index is 2.25. The molecule has 1 aromatic heterocycles. The number of aromatic nitrogens is 1. The number of nitrogens with zero attached hydrogens (tertiary/aromatic N) is 1. The van der Waals surface area contributed by atoms with Crippen LogP contribution in [0.1, 0.15) is 66.8 Å². The molecule has 0 unspecified atom stereocenters. The summed E-state index contributed by atoms with van der Waals surface area (Å²) in [6, 6.07) is 5.29. The lowest BCUT2D eigenvalue weighted by Gasteiger charge is -2.31. The number of nitrogens with one attached hydrogen (secondary N) is 1. The minimum Gasteiger partial charge on any atom is -0.349 e. The molecule has 1 atom stereocenters.